The number of rotatable bonds is 5. The van der Waals surface area contributed by atoms with Crippen molar-refractivity contribution >= 4 is 63.4 Å². The molecule has 2 aromatic rings. The predicted octanol–water partition coefficient (Wildman–Crippen LogP) is 0.866. The molecule has 14 nitrogen and oxygen atoms in total. The van der Waals surface area contributed by atoms with Crippen LogP contribution in [0.15, 0.2) is 9.79 Å². The minimum Gasteiger partial charge on any atom is -0.389 e. The molecular formula is C27H38ClN9O5S2+2. The summed E-state index contributed by atoms with van der Waals surface area (Å²) in [6.07, 6.45) is 2.91. The summed E-state index contributed by atoms with van der Waals surface area (Å²) in [5, 5.41) is 16.4. The molecule has 0 bridgehead atoms. The number of nitrogens with zero attached hydrogens (tertiary/aromatic N) is 7. The molecule has 7 heterocycles. The lowest BCUT2D eigenvalue weighted by atomic mass is 10.2. The highest BCUT2D eigenvalue weighted by molar-refractivity contribution is 7.92. The van der Waals surface area contributed by atoms with Crippen molar-refractivity contribution in [3.63, 3.8) is 0 Å². The van der Waals surface area contributed by atoms with Crippen molar-refractivity contribution in [2.45, 2.75) is 67.5 Å². The van der Waals surface area contributed by atoms with Crippen molar-refractivity contribution in [2.75, 3.05) is 66.3 Å². The molecule has 44 heavy (non-hydrogen) atoms. The van der Waals surface area contributed by atoms with Crippen LogP contribution in [0, 0.1) is 0 Å². The Morgan fingerprint density at radius 1 is 0.795 bits per heavy atom. The molecule has 238 valence electrons. The number of carbonyl (C=O) groups is 2. The average molecular weight is 668 g/mol. The minimum absolute atomic E-state index is 0.0853. The van der Waals surface area contributed by atoms with Gasteiger partial charge in [0.25, 0.3) is 9.79 Å². The Morgan fingerprint density at radius 3 is 1.77 bits per heavy atom. The Morgan fingerprint density at radius 2 is 1.30 bits per heavy atom. The van der Waals surface area contributed by atoms with Gasteiger partial charge in [-0.15, -0.1) is 0 Å². The first-order valence-electron chi connectivity index (χ1n) is 14.8. The van der Waals surface area contributed by atoms with Crippen molar-refractivity contribution in [1.82, 2.24) is 29.7 Å². The monoisotopic (exact) mass is 667 g/mol. The minimum atomic E-state index is -0.825. The summed E-state index contributed by atoms with van der Waals surface area (Å²) in [6.45, 7) is 7.07. The Bertz CT molecular complexity index is 1430. The van der Waals surface area contributed by atoms with E-state index in [2.05, 4.69) is 30.6 Å². The van der Waals surface area contributed by atoms with E-state index in [0.717, 1.165) is 60.0 Å². The zero-order chi connectivity index (χ0) is 31.1. The van der Waals surface area contributed by atoms with E-state index in [9.17, 15) is 23.8 Å². The number of likely N-dealkylation sites (tertiary alicyclic amines) is 2. The molecule has 0 radical (unpaired) electrons. The van der Waals surface area contributed by atoms with E-state index in [0.29, 0.717) is 55.3 Å². The fourth-order valence-corrected chi connectivity index (χ4v) is 8.91. The average Bonchev–Trinajstić information content (AvgIpc) is 3.75. The van der Waals surface area contributed by atoms with Gasteiger partial charge in [0.15, 0.2) is 45.5 Å². The van der Waals surface area contributed by atoms with Crippen LogP contribution in [0.1, 0.15) is 38.1 Å². The second kappa shape index (κ2) is 13.0. The highest BCUT2D eigenvalue weighted by Gasteiger charge is 2.41. The summed E-state index contributed by atoms with van der Waals surface area (Å²) in [7, 11) is 0. The van der Waals surface area contributed by atoms with E-state index in [-0.39, 0.29) is 35.3 Å². The van der Waals surface area contributed by atoms with Crippen LogP contribution >= 0.6 is 11.6 Å². The Labute approximate surface area is 266 Å². The molecule has 5 aliphatic rings. The molecule has 0 spiro atoms. The van der Waals surface area contributed by atoms with Gasteiger partial charge < -0.3 is 30.4 Å². The van der Waals surface area contributed by atoms with Crippen LogP contribution in [0.4, 0.5) is 17.6 Å². The van der Waals surface area contributed by atoms with Crippen LogP contribution < -0.4 is 15.5 Å². The van der Waals surface area contributed by atoms with Gasteiger partial charge >= 0.3 is 0 Å². The first-order valence-corrected chi connectivity index (χ1v) is 17.9. The van der Waals surface area contributed by atoms with Crippen molar-refractivity contribution in [1.29, 1.82) is 0 Å². The summed E-state index contributed by atoms with van der Waals surface area (Å²) < 4.78 is 20.4. The van der Waals surface area contributed by atoms with Crippen LogP contribution in [0.3, 0.4) is 0 Å². The summed E-state index contributed by atoms with van der Waals surface area (Å²) in [6, 6.07) is 0.284. The molecule has 0 aromatic carbocycles. The SMILES string of the molecule is CC(=O)N1CC[C@H](Nc2nc(Cl)nc3c2[S+](O)CC3)C1.CC(=O)N1CC[C@H](Nc2nc(N3CC(O)C3)nc3c2[S+](O)CC3)C1. The second-order valence-electron chi connectivity index (χ2n) is 11.7. The summed E-state index contributed by atoms with van der Waals surface area (Å²) in [5.41, 5.74) is 1.73. The predicted molar refractivity (Wildman–Crippen MR) is 170 cm³/mol. The van der Waals surface area contributed by atoms with E-state index in [4.69, 9.17) is 11.6 Å². The number of β-amino-alcohol motifs (C(OH)–C–C–N with tert-alkyl or cyclic N) is 1. The molecule has 5 aliphatic heterocycles. The molecule has 0 saturated carbocycles. The van der Waals surface area contributed by atoms with Gasteiger partial charge in [-0.25, -0.2) is 9.97 Å². The molecule has 17 heteroatoms. The molecule has 2 unspecified atom stereocenters. The van der Waals surface area contributed by atoms with Gasteiger partial charge in [-0.2, -0.15) is 19.1 Å². The summed E-state index contributed by atoms with van der Waals surface area (Å²) in [5.74, 6) is 3.47. The summed E-state index contributed by atoms with van der Waals surface area (Å²) >= 11 is 4.30. The number of nitrogens with one attached hydrogen (secondary N) is 2. The fourth-order valence-electron chi connectivity index (χ4n) is 6.05. The number of anilines is 3. The lowest BCUT2D eigenvalue weighted by Gasteiger charge is -2.36. The molecule has 4 atom stereocenters. The first-order chi connectivity index (χ1) is 21.0. The van der Waals surface area contributed by atoms with Gasteiger partial charge in [-0.05, 0) is 24.4 Å². The van der Waals surface area contributed by atoms with Crippen LogP contribution in [-0.4, -0.2) is 125 Å². The van der Waals surface area contributed by atoms with E-state index >= 15 is 0 Å². The number of halogens is 1. The molecule has 2 aromatic heterocycles. The largest absolute Gasteiger partial charge is 0.389 e. The molecule has 5 N–H and O–H groups in total. The van der Waals surface area contributed by atoms with E-state index in [1.165, 1.54) is 0 Å². The number of carbonyl (C=O) groups excluding carboxylic acids is 2. The number of hydrogen-bond donors (Lipinski definition) is 5. The maximum Gasteiger partial charge on any atom is 0.253 e. The Hall–Kier alpha value is -2.63. The number of aromatic nitrogens is 4. The van der Waals surface area contributed by atoms with Crippen molar-refractivity contribution in [2.24, 2.45) is 0 Å². The lowest BCUT2D eigenvalue weighted by molar-refractivity contribution is -0.128. The van der Waals surface area contributed by atoms with Crippen molar-refractivity contribution in [3.8, 4) is 0 Å². The van der Waals surface area contributed by atoms with E-state index in [1.54, 1.807) is 18.7 Å². The zero-order valence-electron chi connectivity index (χ0n) is 24.7. The number of aliphatic hydroxyl groups excluding tert-OH is 1. The number of fused-ring (bicyclic) bond motifs is 2. The van der Waals surface area contributed by atoms with Gasteiger partial charge in [0.05, 0.1) is 6.10 Å². The van der Waals surface area contributed by atoms with Crippen LogP contribution in [0.5, 0.6) is 0 Å². The standard InChI is InChI=1S/C15H22N5O3S.C12H16ClN4O2S/c1-9(21)19-4-2-10(6-19)16-14-13-12(3-5-24(13)23)17-15(18-14)20-7-11(22)8-20;1-7(18)17-4-2-8(6-17)14-11-10-9(3-5-20(10)19)15-12(13)16-11/h10-11,22-23H,2-8H2,1H3,(H,16,17,18);8,19H,2-6H2,1H3,(H,14,15,16)/q2*+1/t10-,24?;8-,20?/m00/s1. The van der Waals surface area contributed by atoms with Crippen LogP contribution in [0.25, 0.3) is 0 Å². The van der Waals surface area contributed by atoms with Crippen molar-refractivity contribution < 1.29 is 23.8 Å². The second-order valence-corrected chi connectivity index (χ2v) is 15.1. The third-order valence-electron chi connectivity index (χ3n) is 8.46. The Balaban J connectivity index is 0.000000159. The summed E-state index contributed by atoms with van der Waals surface area (Å²) in [4.78, 5) is 47.6. The lowest BCUT2D eigenvalue weighted by Crippen LogP contribution is -2.51. The van der Waals surface area contributed by atoms with Gasteiger partial charge in [-0.3, -0.25) is 9.59 Å². The first kappa shape index (κ1) is 31.4. The number of hydrogen-bond acceptors (Lipinski definition) is 12. The maximum atomic E-state index is 11.5. The number of aliphatic hydroxyl groups is 1. The number of aryl methyl sites for hydroxylation is 2. The van der Waals surface area contributed by atoms with E-state index < -0.39 is 22.4 Å². The van der Waals surface area contributed by atoms with Crippen LogP contribution in [-0.2, 0) is 44.8 Å². The highest BCUT2D eigenvalue weighted by Crippen LogP contribution is 2.35. The third kappa shape index (κ3) is 6.65. The van der Waals surface area contributed by atoms with Crippen molar-refractivity contribution in [3.05, 3.63) is 16.7 Å². The quantitative estimate of drug-likeness (QED) is 0.225. The molecule has 3 fully saturated rings. The zero-order valence-corrected chi connectivity index (χ0v) is 27.1. The molecule has 0 aliphatic carbocycles. The van der Waals surface area contributed by atoms with Gasteiger partial charge in [0.1, 0.15) is 11.4 Å². The normalized spacial score (nSPS) is 25.7. The third-order valence-corrected chi connectivity index (χ3v) is 11.6. The molecule has 3 saturated heterocycles. The van der Waals surface area contributed by atoms with E-state index in [1.807, 2.05) is 9.80 Å². The molecule has 2 amide bonds. The molecule has 7 rings (SSSR count). The van der Waals surface area contributed by atoms with Gasteiger partial charge in [0, 0.05) is 78.0 Å². The smallest absolute Gasteiger partial charge is 0.253 e. The topological polar surface area (TPSA) is 180 Å². The van der Waals surface area contributed by atoms with Crippen LogP contribution in [0.2, 0.25) is 5.28 Å². The highest BCUT2D eigenvalue weighted by atomic mass is 35.5. The fraction of sp³-hybridized carbons (Fsp3) is 0.630. The maximum absolute atomic E-state index is 11.5. The van der Waals surface area contributed by atoms with Gasteiger partial charge in [-0.1, -0.05) is 0 Å². The van der Waals surface area contributed by atoms with Gasteiger partial charge in [0.2, 0.25) is 23.0 Å². The molecular weight excluding hydrogens is 630 g/mol. The number of amides is 2. The Kier molecular flexibility index (Phi) is 9.27.